The van der Waals surface area contributed by atoms with Crippen molar-refractivity contribution in [3.05, 3.63) is 57.2 Å². The summed E-state index contributed by atoms with van der Waals surface area (Å²) < 4.78 is 24.2. The molecule has 7 nitrogen and oxygen atoms in total. The summed E-state index contributed by atoms with van der Waals surface area (Å²) in [4.78, 5) is 38.2. The number of nitrogens with zero attached hydrogens (tertiary/aromatic N) is 1. The van der Waals surface area contributed by atoms with Crippen molar-refractivity contribution < 1.29 is 28.2 Å². The summed E-state index contributed by atoms with van der Waals surface area (Å²) in [7, 11) is 2.99. The number of rotatable bonds is 6. The lowest BCUT2D eigenvalue weighted by Gasteiger charge is -2.12. The summed E-state index contributed by atoms with van der Waals surface area (Å²) in [5, 5.41) is 1.96. The molecule has 1 saturated heterocycles. The molecule has 0 radical (unpaired) electrons. The number of imide groups is 1. The van der Waals surface area contributed by atoms with Crippen LogP contribution in [-0.2, 0) is 9.59 Å². The number of hydrogen-bond donors (Lipinski definition) is 1. The normalized spacial score (nSPS) is 14.9. The van der Waals surface area contributed by atoms with E-state index in [0.717, 1.165) is 16.7 Å². The maximum Gasteiger partial charge on any atom is 0.294 e. The second kappa shape index (κ2) is 9.31. The Bertz CT molecular complexity index is 1040. The number of carbonyl (C=O) groups excluding carboxylic acids is 3. The quantitative estimate of drug-likeness (QED) is 0.603. The lowest BCUT2D eigenvalue weighted by Crippen LogP contribution is -2.36. The van der Waals surface area contributed by atoms with Crippen molar-refractivity contribution in [2.24, 2.45) is 0 Å². The molecule has 3 amide bonds. The average molecular weight is 495 g/mol. The summed E-state index contributed by atoms with van der Waals surface area (Å²) in [5.74, 6) is -0.599. The van der Waals surface area contributed by atoms with Gasteiger partial charge >= 0.3 is 0 Å². The fourth-order valence-electron chi connectivity index (χ4n) is 2.65. The first kappa shape index (κ1) is 21.8. The van der Waals surface area contributed by atoms with Crippen LogP contribution in [0.3, 0.4) is 0 Å². The fourth-order valence-corrected chi connectivity index (χ4v) is 4.00. The zero-order valence-corrected chi connectivity index (χ0v) is 18.3. The van der Waals surface area contributed by atoms with Gasteiger partial charge in [-0.15, -0.1) is 0 Å². The predicted molar refractivity (Wildman–Crippen MR) is 115 cm³/mol. The molecule has 10 heteroatoms. The van der Waals surface area contributed by atoms with Gasteiger partial charge in [0.2, 0.25) is 5.91 Å². The molecule has 0 spiro atoms. The van der Waals surface area contributed by atoms with Gasteiger partial charge in [-0.1, -0.05) is 0 Å². The van der Waals surface area contributed by atoms with Gasteiger partial charge in [0, 0.05) is 17.3 Å². The largest absolute Gasteiger partial charge is 0.496 e. The SMILES string of the molecule is COc1cc(OC)c(/C=C2\SC(=O)N(CC(=O)Nc3ccc(F)cc3)C2=O)cc1Br. The van der Waals surface area contributed by atoms with E-state index in [9.17, 15) is 18.8 Å². The Labute approximate surface area is 184 Å². The van der Waals surface area contributed by atoms with Gasteiger partial charge in [-0.2, -0.15) is 0 Å². The maximum atomic E-state index is 13.0. The first-order chi connectivity index (χ1) is 14.3. The van der Waals surface area contributed by atoms with Gasteiger partial charge in [-0.3, -0.25) is 19.3 Å². The number of amides is 3. The number of ether oxygens (including phenoxy) is 2. The van der Waals surface area contributed by atoms with Gasteiger partial charge in [0.25, 0.3) is 11.1 Å². The van der Waals surface area contributed by atoms with Crippen molar-refractivity contribution in [2.75, 3.05) is 26.1 Å². The molecule has 3 rings (SSSR count). The number of hydrogen-bond acceptors (Lipinski definition) is 6. The molecule has 0 aromatic heterocycles. The van der Waals surface area contributed by atoms with Crippen molar-refractivity contribution in [3.63, 3.8) is 0 Å². The molecule has 0 saturated carbocycles. The van der Waals surface area contributed by atoms with Gasteiger partial charge in [0.05, 0.1) is 23.6 Å². The molecule has 1 aliphatic heterocycles. The molecule has 0 bridgehead atoms. The minimum Gasteiger partial charge on any atom is -0.496 e. The minimum atomic E-state index is -0.590. The van der Waals surface area contributed by atoms with Crippen LogP contribution >= 0.6 is 27.7 Å². The van der Waals surface area contributed by atoms with Crippen LogP contribution in [0.1, 0.15) is 5.56 Å². The number of carbonyl (C=O) groups is 3. The first-order valence-corrected chi connectivity index (χ1v) is 10.2. The summed E-state index contributed by atoms with van der Waals surface area (Å²) in [6, 6.07) is 8.50. The lowest BCUT2D eigenvalue weighted by atomic mass is 10.1. The monoisotopic (exact) mass is 494 g/mol. The third kappa shape index (κ3) is 4.82. The molecular weight excluding hydrogens is 479 g/mol. The molecule has 156 valence electrons. The Balaban J connectivity index is 1.76. The van der Waals surface area contributed by atoms with E-state index in [1.165, 1.54) is 44.6 Å². The van der Waals surface area contributed by atoms with Crippen LogP contribution < -0.4 is 14.8 Å². The smallest absolute Gasteiger partial charge is 0.294 e. The van der Waals surface area contributed by atoms with Gasteiger partial charge in [-0.05, 0) is 64.1 Å². The van der Waals surface area contributed by atoms with E-state index in [2.05, 4.69) is 21.2 Å². The molecular formula is C20H16BrFN2O5S. The van der Waals surface area contributed by atoms with Crippen molar-refractivity contribution in [1.82, 2.24) is 4.90 Å². The second-order valence-electron chi connectivity index (χ2n) is 6.05. The molecule has 2 aromatic rings. The molecule has 2 aromatic carbocycles. The summed E-state index contributed by atoms with van der Waals surface area (Å²) in [6.07, 6.45) is 1.52. The van der Waals surface area contributed by atoms with E-state index < -0.39 is 29.4 Å². The van der Waals surface area contributed by atoms with Crippen molar-refractivity contribution in [2.45, 2.75) is 0 Å². The minimum absolute atomic E-state index is 0.157. The van der Waals surface area contributed by atoms with Crippen LogP contribution in [0.25, 0.3) is 6.08 Å². The Morgan fingerprint density at radius 2 is 1.83 bits per heavy atom. The van der Waals surface area contributed by atoms with Gasteiger partial charge in [-0.25, -0.2) is 4.39 Å². The number of halogens is 2. The van der Waals surface area contributed by atoms with E-state index >= 15 is 0 Å². The third-order valence-corrected chi connectivity index (χ3v) is 5.62. The van der Waals surface area contributed by atoms with Crippen LogP contribution in [0.2, 0.25) is 0 Å². The van der Waals surface area contributed by atoms with E-state index in [4.69, 9.17) is 9.47 Å². The molecule has 1 aliphatic rings. The van der Waals surface area contributed by atoms with Gasteiger partial charge < -0.3 is 14.8 Å². The fraction of sp³-hybridized carbons (Fsp3) is 0.150. The van der Waals surface area contributed by atoms with Crippen molar-refractivity contribution in [3.8, 4) is 11.5 Å². The van der Waals surface area contributed by atoms with Crippen LogP contribution in [0.4, 0.5) is 14.9 Å². The van der Waals surface area contributed by atoms with Crippen molar-refractivity contribution >= 4 is 56.5 Å². The highest BCUT2D eigenvalue weighted by molar-refractivity contribution is 9.10. The average Bonchev–Trinajstić information content (AvgIpc) is 2.97. The summed E-state index contributed by atoms with van der Waals surface area (Å²) in [5.41, 5.74) is 0.920. The van der Waals surface area contributed by atoms with Crippen LogP contribution in [0.15, 0.2) is 45.8 Å². The van der Waals surface area contributed by atoms with Crippen LogP contribution in [-0.4, -0.2) is 42.7 Å². The molecule has 1 heterocycles. The second-order valence-corrected chi connectivity index (χ2v) is 7.90. The summed E-state index contributed by atoms with van der Waals surface area (Å²) in [6.45, 7) is -0.456. The van der Waals surface area contributed by atoms with Gasteiger partial charge in [0.1, 0.15) is 23.9 Å². The third-order valence-electron chi connectivity index (χ3n) is 4.09. The van der Waals surface area contributed by atoms with Crippen LogP contribution in [0.5, 0.6) is 11.5 Å². The molecule has 1 fully saturated rings. The number of thioether (sulfide) groups is 1. The summed E-state index contributed by atoms with van der Waals surface area (Å²) >= 11 is 4.10. The Morgan fingerprint density at radius 1 is 1.17 bits per heavy atom. The van der Waals surface area contributed by atoms with E-state index in [1.807, 2.05) is 0 Å². The number of benzene rings is 2. The number of nitrogens with one attached hydrogen (secondary N) is 1. The first-order valence-electron chi connectivity index (χ1n) is 8.54. The number of methoxy groups -OCH3 is 2. The highest BCUT2D eigenvalue weighted by Gasteiger charge is 2.36. The van der Waals surface area contributed by atoms with Crippen LogP contribution in [0, 0.1) is 5.82 Å². The molecule has 30 heavy (non-hydrogen) atoms. The predicted octanol–water partition coefficient (Wildman–Crippen LogP) is 4.28. The Morgan fingerprint density at radius 3 is 2.47 bits per heavy atom. The molecule has 0 unspecified atom stereocenters. The zero-order valence-electron chi connectivity index (χ0n) is 15.9. The maximum absolute atomic E-state index is 13.0. The van der Waals surface area contributed by atoms with Gasteiger partial charge in [0.15, 0.2) is 0 Å². The molecule has 1 N–H and O–H groups in total. The molecule has 0 aliphatic carbocycles. The van der Waals surface area contributed by atoms with E-state index in [-0.39, 0.29) is 4.91 Å². The lowest BCUT2D eigenvalue weighted by molar-refractivity contribution is -0.127. The topological polar surface area (TPSA) is 84.9 Å². The highest BCUT2D eigenvalue weighted by atomic mass is 79.9. The molecule has 0 atom stereocenters. The number of anilines is 1. The Kier molecular flexibility index (Phi) is 6.78. The van der Waals surface area contributed by atoms with E-state index in [0.29, 0.717) is 27.2 Å². The highest BCUT2D eigenvalue weighted by Crippen LogP contribution is 2.37. The van der Waals surface area contributed by atoms with Crippen molar-refractivity contribution in [1.29, 1.82) is 0 Å². The standard InChI is InChI=1S/C20H16BrFN2O5S/c1-28-15-9-16(29-2)14(21)7-11(15)8-17-19(26)24(20(27)30-17)10-18(25)23-13-5-3-12(22)4-6-13/h3-9H,10H2,1-2H3,(H,23,25)/b17-8-. The Hall–Kier alpha value is -2.85. The zero-order chi connectivity index (χ0) is 21.8. The van der Waals surface area contributed by atoms with E-state index in [1.54, 1.807) is 12.1 Å².